The number of methoxy groups -OCH3 is 1. The molecule has 3 rings (SSSR count). The molecule has 2 aliphatic rings. The van der Waals surface area contributed by atoms with Crippen LogP contribution < -0.4 is 14.8 Å². The molecule has 1 saturated heterocycles. The van der Waals surface area contributed by atoms with E-state index in [0.29, 0.717) is 13.4 Å². The van der Waals surface area contributed by atoms with Gasteiger partial charge in [-0.2, -0.15) is 0 Å². The standard InChI is InChI=1S/C14H20N2O3/c1-17-9-12-7-14-13(18-10-19-14)6-11(12)8-16-4-2-15-3-5-16/h6-7,15H,2-5,8-10H2,1H3. The van der Waals surface area contributed by atoms with Gasteiger partial charge in [-0.15, -0.1) is 0 Å². The van der Waals surface area contributed by atoms with Crippen molar-refractivity contribution in [3.05, 3.63) is 23.3 Å². The van der Waals surface area contributed by atoms with Crippen molar-refractivity contribution in [1.29, 1.82) is 0 Å². The summed E-state index contributed by atoms with van der Waals surface area (Å²) in [4.78, 5) is 2.45. The van der Waals surface area contributed by atoms with Crippen molar-refractivity contribution >= 4 is 0 Å². The van der Waals surface area contributed by atoms with Crippen molar-refractivity contribution in [3.8, 4) is 11.5 Å². The Bertz CT molecular complexity index is 445. The summed E-state index contributed by atoms with van der Waals surface area (Å²) in [6, 6.07) is 4.14. The van der Waals surface area contributed by atoms with Crippen molar-refractivity contribution < 1.29 is 14.2 Å². The van der Waals surface area contributed by atoms with Crippen LogP contribution >= 0.6 is 0 Å². The summed E-state index contributed by atoms with van der Waals surface area (Å²) in [5.74, 6) is 1.68. The first-order chi connectivity index (χ1) is 9.36. The molecular formula is C14H20N2O3. The molecule has 0 radical (unpaired) electrons. The lowest BCUT2D eigenvalue weighted by Crippen LogP contribution is -2.43. The molecule has 0 atom stereocenters. The number of hydrogen-bond acceptors (Lipinski definition) is 5. The molecule has 0 bridgehead atoms. The fourth-order valence-corrected chi connectivity index (χ4v) is 2.57. The highest BCUT2D eigenvalue weighted by molar-refractivity contribution is 5.48. The van der Waals surface area contributed by atoms with Gasteiger partial charge in [-0.3, -0.25) is 4.90 Å². The van der Waals surface area contributed by atoms with Gasteiger partial charge in [0.1, 0.15) is 0 Å². The predicted molar refractivity (Wildman–Crippen MR) is 71.4 cm³/mol. The van der Waals surface area contributed by atoms with Gasteiger partial charge in [-0.25, -0.2) is 0 Å². The Morgan fingerprint density at radius 1 is 1.16 bits per heavy atom. The molecule has 19 heavy (non-hydrogen) atoms. The maximum Gasteiger partial charge on any atom is 0.231 e. The van der Waals surface area contributed by atoms with Crippen LogP contribution in [0, 0.1) is 0 Å². The molecule has 1 N–H and O–H groups in total. The van der Waals surface area contributed by atoms with E-state index in [0.717, 1.165) is 44.2 Å². The molecule has 5 heteroatoms. The number of piperazine rings is 1. The minimum Gasteiger partial charge on any atom is -0.454 e. The summed E-state index contributed by atoms with van der Waals surface area (Å²) in [5, 5.41) is 3.37. The Kier molecular flexibility index (Phi) is 3.87. The van der Waals surface area contributed by atoms with Crippen molar-refractivity contribution in [1.82, 2.24) is 10.2 Å². The van der Waals surface area contributed by atoms with Crippen LogP contribution in [-0.2, 0) is 17.9 Å². The Morgan fingerprint density at radius 2 is 1.84 bits per heavy atom. The molecule has 2 aliphatic heterocycles. The van der Waals surface area contributed by atoms with E-state index in [-0.39, 0.29) is 0 Å². The average Bonchev–Trinajstić information content (AvgIpc) is 2.88. The average molecular weight is 264 g/mol. The second-order valence-electron chi connectivity index (χ2n) is 4.93. The third kappa shape index (κ3) is 2.83. The number of nitrogens with zero attached hydrogens (tertiary/aromatic N) is 1. The van der Waals surface area contributed by atoms with Crippen LogP contribution in [0.25, 0.3) is 0 Å². The Labute approximate surface area is 113 Å². The number of nitrogens with one attached hydrogen (secondary N) is 1. The van der Waals surface area contributed by atoms with Crippen molar-refractivity contribution in [2.75, 3.05) is 40.1 Å². The number of fused-ring (bicyclic) bond motifs is 1. The van der Waals surface area contributed by atoms with E-state index in [9.17, 15) is 0 Å². The summed E-state index contributed by atoms with van der Waals surface area (Å²) in [5.41, 5.74) is 2.46. The fourth-order valence-electron chi connectivity index (χ4n) is 2.57. The maximum absolute atomic E-state index is 5.47. The molecule has 5 nitrogen and oxygen atoms in total. The van der Waals surface area contributed by atoms with Gasteiger partial charge in [-0.05, 0) is 23.3 Å². The predicted octanol–water partition coefficient (Wildman–Crippen LogP) is 0.967. The van der Waals surface area contributed by atoms with E-state index >= 15 is 0 Å². The van der Waals surface area contributed by atoms with Gasteiger partial charge in [0.2, 0.25) is 6.79 Å². The number of ether oxygens (including phenoxy) is 3. The maximum atomic E-state index is 5.47. The smallest absolute Gasteiger partial charge is 0.231 e. The summed E-state index contributed by atoms with van der Waals surface area (Å²) in [7, 11) is 1.72. The molecule has 0 amide bonds. The minimum atomic E-state index is 0.318. The molecule has 104 valence electrons. The van der Waals surface area contributed by atoms with E-state index in [2.05, 4.69) is 16.3 Å². The molecular weight excluding hydrogens is 244 g/mol. The second kappa shape index (κ2) is 5.77. The van der Waals surface area contributed by atoms with Crippen molar-refractivity contribution in [2.45, 2.75) is 13.2 Å². The van der Waals surface area contributed by atoms with Gasteiger partial charge in [0, 0.05) is 39.8 Å². The first-order valence-electron chi connectivity index (χ1n) is 6.70. The largest absolute Gasteiger partial charge is 0.454 e. The summed E-state index contributed by atoms with van der Waals surface area (Å²) in [6.45, 7) is 6.16. The molecule has 1 aromatic rings. The van der Waals surface area contributed by atoms with Gasteiger partial charge < -0.3 is 19.5 Å². The molecule has 0 aliphatic carbocycles. The fraction of sp³-hybridized carbons (Fsp3) is 0.571. The number of rotatable bonds is 4. The van der Waals surface area contributed by atoms with Crippen LogP contribution in [0.15, 0.2) is 12.1 Å². The summed E-state index contributed by atoms with van der Waals surface area (Å²) >= 11 is 0. The van der Waals surface area contributed by atoms with E-state index in [4.69, 9.17) is 14.2 Å². The lowest BCUT2D eigenvalue weighted by molar-refractivity contribution is 0.173. The van der Waals surface area contributed by atoms with E-state index in [1.165, 1.54) is 11.1 Å². The van der Waals surface area contributed by atoms with Crippen molar-refractivity contribution in [2.24, 2.45) is 0 Å². The van der Waals surface area contributed by atoms with E-state index in [1.54, 1.807) is 7.11 Å². The Balaban J connectivity index is 1.81. The van der Waals surface area contributed by atoms with Crippen LogP contribution in [-0.4, -0.2) is 45.0 Å². The number of hydrogen-bond donors (Lipinski definition) is 1. The van der Waals surface area contributed by atoms with Crippen LogP contribution in [0.3, 0.4) is 0 Å². The van der Waals surface area contributed by atoms with Gasteiger partial charge in [0.15, 0.2) is 11.5 Å². The van der Waals surface area contributed by atoms with E-state index in [1.807, 2.05) is 6.07 Å². The van der Waals surface area contributed by atoms with Crippen LogP contribution in [0.2, 0.25) is 0 Å². The van der Waals surface area contributed by atoms with Crippen LogP contribution in [0.4, 0.5) is 0 Å². The SMILES string of the molecule is COCc1cc2c(cc1CN1CCNCC1)OCO2. The quantitative estimate of drug-likeness (QED) is 0.877. The summed E-state index contributed by atoms with van der Waals surface area (Å²) < 4.78 is 16.2. The Morgan fingerprint density at radius 3 is 2.53 bits per heavy atom. The molecule has 1 aromatic carbocycles. The molecule has 2 heterocycles. The molecule has 0 spiro atoms. The van der Waals surface area contributed by atoms with Crippen LogP contribution in [0.1, 0.15) is 11.1 Å². The molecule has 0 saturated carbocycles. The zero-order chi connectivity index (χ0) is 13.1. The topological polar surface area (TPSA) is 43.0 Å². The van der Waals surface area contributed by atoms with Gasteiger partial charge >= 0.3 is 0 Å². The lowest BCUT2D eigenvalue weighted by atomic mass is 10.1. The third-order valence-electron chi connectivity index (χ3n) is 3.60. The normalized spacial score (nSPS) is 18.8. The monoisotopic (exact) mass is 264 g/mol. The van der Waals surface area contributed by atoms with Gasteiger partial charge in [0.25, 0.3) is 0 Å². The molecule has 1 fully saturated rings. The van der Waals surface area contributed by atoms with Crippen molar-refractivity contribution in [3.63, 3.8) is 0 Å². The highest BCUT2D eigenvalue weighted by atomic mass is 16.7. The first kappa shape index (κ1) is 12.7. The summed E-state index contributed by atoms with van der Waals surface area (Å²) in [6.07, 6.45) is 0. The Hall–Kier alpha value is -1.30. The molecule has 0 unspecified atom stereocenters. The highest BCUT2D eigenvalue weighted by Gasteiger charge is 2.19. The van der Waals surface area contributed by atoms with Crippen LogP contribution in [0.5, 0.6) is 11.5 Å². The first-order valence-corrected chi connectivity index (χ1v) is 6.70. The second-order valence-corrected chi connectivity index (χ2v) is 4.93. The molecule has 0 aromatic heterocycles. The van der Waals surface area contributed by atoms with Gasteiger partial charge in [-0.1, -0.05) is 0 Å². The highest BCUT2D eigenvalue weighted by Crippen LogP contribution is 2.35. The van der Waals surface area contributed by atoms with Gasteiger partial charge in [0.05, 0.1) is 6.61 Å². The number of benzene rings is 1. The minimum absolute atomic E-state index is 0.318. The lowest BCUT2D eigenvalue weighted by Gasteiger charge is -2.28. The zero-order valence-electron chi connectivity index (χ0n) is 11.3. The third-order valence-corrected chi connectivity index (χ3v) is 3.60. The zero-order valence-corrected chi connectivity index (χ0v) is 11.3. The van der Waals surface area contributed by atoms with E-state index < -0.39 is 0 Å².